The molecule has 0 aliphatic heterocycles. The van der Waals surface area contributed by atoms with E-state index in [2.05, 4.69) is 22.1 Å². The summed E-state index contributed by atoms with van der Waals surface area (Å²) in [4.78, 5) is 4.17. The summed E-state index contributed by atoms with van der Waals surface area (Å²) in [6.07, 6.45) is 9.33. The van der Waals surface area contributed by atoms with Gasteiger partial charge in [0.15, 0.2) is 0 Å². The fraction of sp³-hybridized carbons (Fsp3) is 0.615. The monoisotopic (exact) mass is 247 g/mol. The fourth-order valence-electron chi connectivity index (χ4n) is 2.37. The Morgan fingerprint density at radius 1 is 1.28 bits per heavy atom. The van der Waals surface area contributed by atoms with Crippen molar-refractivity contribution in [2.45, 2.75) is 39.0 Å². The molecule has 2 N–H and O–H groups in total. The lowest BCUT2D eigenvalue weighted by Gasteiger charge is -2.13. The van der Waals surface area contributed by atoms with E-state index in [1.807, 2.05) is 16.7 Å². The molecule has 0 aliphatic carbocycles. The number of aromatic nitrogens is 4. The van der Waals surface area contributed by atoms with E-state index in [-0.39, 0.29) is 0 Å². The van der Waals surface area contributed by atoms with Crippen molar-refractivity contribution < 1.29 is 0 Å². The highest BCUT2D eigenvalue weighted by atomic mass is 15.3. The lowest BCUT2D eigenvalue weighted by molar-refractivity contribution is 0.417. The van der Waals surface area contributed by atoms with E-state index in [4.69, 9.17) is 5.73 Å². The van der Waals surface area contributed by atoms with E-state index >= 15 is 0 Å². The Balaban J connectivity index is 2.00. The lowest BCUT2D eigenvalue weighted by atomic mass is 9.94. The number of nitrogens with two attached hydrogens (primary N) is 1. The van der Waals surface area contributed by atoms with Crippen LogP contribution in [0, 0.1) is 5.92 Å². The van der Waals surface area contributed by atoms with Crippen molar-refractivity contribution in [1.82, 2.24) is 19.6 Å². The predicted octanol–water partition coefficient (Wildman–Crippen LogP) is 1.82. The largest absolute Gasteiger partial charge is 0.330 e. The number of hydrogen-bond donors (Lipinski definition) is 1. The zero-order valence-corrected chi connectivity index (χ0v) is 10.9. The van der Waals surface area contributed by atoms with Gasteiger partial charge in [0.2, 0.25) is 0 Å². The van der Waals surface area contributed by atoms with Gasteiger partial charge in [0.1, 0.15) is 5.82 Å². The third-order valence-corrected chi connectivity index (χ3v) is 3.31. The van der Waals surface area contributed by atoms with Crippen molar-refractivity contribution in [2.24, 2.45) is 11.7 Å². The highest BCUT2D eigenvalue weighted by molar-refractivity contribution is 5.26. The Labute approximate surface area is 107 Å². The van der Waals surface area contributed by atoms with Crippen LogP contribution in [0.15, 0.2) is 18.5 Å². The molecule has 18 heavy (non-hydrogen) atoms. The molecule has 0 spiro atoms. The highest BCUT2D eigenvalue weighted by Crippen LogP contribution is 2.17. The van der Waals surface area contributed by atoms with Crippen molar-refractivity contribution >= 4 is 5.78 Å². The van der Waals surface area contributed by atoms with Crippen LogP contribution in [0.5, 0.6) is 0 Å². The minimum atomic E-state index is 0.679. The van der Waals surface area contributed by atoms with Gasteiger partial charge in [-0.15, -0.1) is 10.2 Å². The molecule has 0 saturated heterocycles. The van der Waals surface area contributed by atoms with E-state index in [9.17, 15) is 0 Å². The molecule has 1 unspecified atom stereocenters. The van der Waals surface area contributed by atoms with Gasteiger partial charge in [0.25, 0.3) is 5.78 Å². The van der Waals surface area contributed by atoms with Gasteiger partial charge < -0.3 is 5.73 Å². The Kier molecular flexibility index (Phi) is 4.64. The van der Waals surface area contributed by atoms with Gasteiger partial charge in [-0.25, -0.2) is 4.98 Å². The molecule has 0 radical (unpaired) electrons. The van der Waals surface area contributed by atoms with Gasteiger partial charge in [-0.3, -0.25) is 4.40 Å². The Morgan fingerprint density at radius 2 is 2.17 bits per heavy atom. The van der Waals surface area contributed by atoms with Crippen LogP contribution in [0.1, 0.15) is 38.4 Å². The summed E-state index contributed by atoms with van der Waals surface area (Å²) in [5.74, 6) is 2.37. The Morgan fingerprint density at radius 3 is 2.94 bits per heavy atom. The summed E-state index contributed by atoms with van der Waals surface area (Å²) in [6, 6.07) is 1.91. The third-order valence-electron chi connectivity index (χ3n) is 3.31. The molecule has 2 aromatic rings. The van der Waals surface area contributed by atoms with Gasteiger partial charge in [-0.1, -0.05) is 19.8 Å². The van der Waals surface area contributed by atoms with Gasteiger partial charge in [-0.05, 0) is 31.4 Å². The molecular formula is C13H21N5. The zero-order valence-electron chi connectivity index (χ0n) is 10.9. The highest BCUT2D eigenvalue weighted by Gasteiger charge is 2.10. The van der Waals surface area contributed by atoms with E-state index in [0.717, 1.165) is 31.6 Å². The second kappa shape index (κ2) is 6.44. The maximum absolute atomic E-state index is 5.66. The summed E-state index contributed by atoms with van der Waals surface area (Å²) in [5, 5.41) is 8.27. The quantitative estimate of drug-likeness (QED) is 0.810. The molecule has 2 aromatic heterocycles. The SMILES string of the molecule is CCCC(CCN)CCc1nnc2ncccn12. The molecule has 0 amide bonds. The number of rotatable bonds is 7. The average Bonchev–Trinajstić information content (AvgIpc) is 2.80. The topological polar surface area (TPSA) is 69.1 Å². The standard InChI is InChI=1S/C13H21N5/c1-2-4-11(7-8-14)5-6-12-16-17-13-15-9-3-10-18(12)13/h3,9-11H,2,4-8,14H2,1H3. The molecule has 2 rings (SSSR count). The molecule has 98 valence electrons. The van der Waals surface area contributed by atoms with Crippen molar-refractivity contribution in [3.63, 3.8) is 0 Å². The second-order valence-electron chi connectivity index (χ2n) is 4.68. The summed E-state index contributed by atoms with van der Waals surface area (Å²) < 4.78 is 1.96. The number of hydrogen-bond acceptors (Lipinski definition) is 4. The molecule has 2 heterocycles. The average molecular weight is 247 g/mol. The normalized spacial score (nSPS) is 13.0. The van der Waals surface area contributed by atoms with E-state index in [1.54, 1.807) is 6.20 Å². The van der Waals surface area contributed by atoms with Crippen LogP contribution in [0.25, 0.3) is 5.78 Å². The van der Waals surface area contributed by atoms with E-state index in [0.29, 0.717) is 11.7 Å². The third kappa shape index (κ3) is 3.04. The van der Waals surface area contributed by atoms with E-state index in [1.165, 1.54) is 12.8 Å². The summed E-state index contributed by atoms with van der Waals surface area (Å²) in [5.41, 5.74) is 5.66. The second-order valence-corrected chi connectivity index (χ2v) is 4.68. The first kappa shape index (κ1) is 13.0. The number of nitrogens with zero attached hydrogens (tertiary/aromatic N) is 4. The molecule has 0 bridgehead atoms. The first-order chi connectivity index (χ1) is 8.85. The molecule has 1 atom stereocenters. The van der Waals surface area contributed by atoms with Crippen molar-refractivity contribution in [3.8, 4) is 0 Å². The summed E-state index contributed by atoms with van der Waals surface area (Å²) >= 11 is 0. The molecular weight excluding hydrogens is 226 g/mol. The smallest absolute Gasteiger partial charge is 0.254 e. The van der Waals surface area contributed by atoms with Gasteiger partial charge in [-0.2, -0.15) is 0 Å². The van der Waals surface area contributed by atoms with Crippen molar-refractivity contribution in [3.05, 3.63) is 24.3 Å². The van der Waals surface area contributed by atoms with Gasteiger partial charge in [0, 0.05) is 18.8 Å². The molecule has 0 fully saturated rings. The minimum Gasteiger partial charge on any atom is -0.330 e. The Hall–Kier alpha value is -1.49. The minimum absolute atomic E-state index is 0.679. The van der Waals surface area contributed by atoms with Gasteiger partial charge in [0.05, 0.1) is 0 Å². The molecule has 0 saturated carbocycles. The van der Waals surface area contributed by atoms with Crippen LogP contribution in [-0.2, 0) is 6.42 Å². The van der Waals surface area contributed by atoms with Crippen LogP contribution < -0.4 is 5.73 Å². The van der Waals surface area contributed by atoms with Crippen LogP contribution in [0.3, 0.4) is 0 Å². The Bertz CT molecular complexity index is 473. The lowest BCUT2D eigenvalue weighted by Crippen LogP contribution is -2.10. The molecule has 5 heteroatoms. The zero-order chi connectivity index (χ0) is 12.8. The molecule has 5 nitrogen and oxygen atoms in total. The predicted molar refractivity (Wildman–Crippen MR) is 71.2 cm³/mol. The van der Waals surface area contributed by atoms with Crippen LogP contribution in [-0.4, -0.2) is 26.1 Å². The number of fused-ring (bicyclic) bond motifs is 1. The fourth-order valence-corrected chi connectivity index (χ4v) is 2.37. The summed E-state index contributed by atoms with van der Waals surface area (Å²) in [6.45, 7) is 2.99. The first-order valence-electron chi connectivity index (χ1n) is 6.69. The maximum Gasteiger partial charge on any atom is 0.254 e. The van der Waals surface area contributed by atoms with Crippen LogP contribution in [0.2, 0.25) is 0 Å². The molecule has 0 aromatic carbocycles. The number of aryl methyl sites for hydroxylation is 1. The van der Waals surface area contributed by atoms with Crippen LogP contribution >= 0.6 is 0 Å². The first-order valence-corrected chi connectivity index (χ1v) is 6.69. The maximum atomic E-state index is 5.66. The van der Waals surface area contributed by atoms with Crippen molar-refractivity contribution in [1.29, 1.82) is 0 Å². The van der Waals surface area contributed by atoms with Crippen LogP contribution in [0.4, 0.5) is 0 Å². The molecule has 0 aliphatic rings. The van der Waals surface area contributed by atoms with Gasteiger partial charge >= 0.3 is 0 Å². The van der Waals surface area contributed by atoms with E-state index < -0.39 is 0 Å². The van der Waals surface area contributed by atoms with Crippen molar-refractivity contribution in [2.75, 3.05) is 6.54 Å². The summed E-state index contributed by atoms with van der Waals surface area (Å²) in [7, 11) is 0.